The Kier molecular flexibility index (Phi) is 3.39. The van der Waals surface area contributed by atoms with E-state index in [0.717, 1.165) is 16.3 Å². The average molecular weight is 351 g/mol. The summed E-state index contributed by atoms with van der Waals surface area (Å²) in [6.45, 7) is 0. The molecule has 27 heavy (non-hydrogen) atoms. The van der Waals surface area contributed by atoms with Crippen molar-refractivity contribution in [3.63, 3.8) is 0 Å². The predicted molar refractivity (Wildman–Crippen MR) is 107 cm³/mol. The normalized spacial score (nSPS) is 18.3. The van der Waals surface area contributed by atoms with E-state index in [9.17, 15) is 9.90 Å². The first-order chi connectivity index (χ1) is 13.2. The first-order valence-electron chi connectivity index (χ1n) is 8.90. The summed E-state index contributed by atoms with van der Waals surface area (Å²) in [5.74, 6) is -0.213. The monoisotopic (exact) mass is 351 g/mol. The van der Waals surface area contributed by atoms with E-state index in [1.165, 1.54) is 0 Å². The van der Waals surface area contributed by atoms with Crippen molar-refractivity contribution >= 4 is 22.4 Å². The third-order valence-corrected chi connectivity index (χ3v) is 5.28. The van der Waals surface area contributed by atoms with Crippen LogP contribution in [-0.4, -0.2) is 11.0 Å². The number of fused-ring (bicyclic) bond motifs is 3. The molecule has 1 aliphatic rings. The molecule has 1 unspecified atom stereocenters. The van der Waals surface area contributed by atoms with Gasteiger partial charge in [0, 0.05) is 22.4 Å². The van der Waals surface area contributed by atoms with Gasteiger partial charge in [-0.05, 0) is 34.5 Å². The molecule has 1 heterocycles. The third-order valence-electron chi connectivity index (χ3n) is 5.28. The number of carbonyl (C=O) groups is 1. The number of hydrogen-bond acceptors (Lipinski definition) is 2. The molecule has 130 valence electrons. The van der Waals surface area contributed by atoms with Gasteiger partial charge in [0.2, 0.25) is 0 Å². The summed E-state index contributed by atoms with van der Waals surface area (Å²) < 4.78 is 0. The Morgan fingerprint density at radius 3 is 2.11 bits per heavy atom. The summed E-state index contributed by atoms with van der Waals surface area (Å²) in [5.41, 5.74) is 1.65. The van der Waals surface area contributed by atoms with E-state index >= 15 is 0 Å². The fourth-order valence-corrected chi connectivity index (χ4v) is 3.96. The van der Waals surface area contributed by atoms with Crippen LogP contribution in [0.25, 0.3) is 10.8 Å². The van der Waals surface area contributed by atoms with Crippen molar-refractivity contribution in [3.8, 4) is 0 Å². The lowest BCUT2D eigenvalue weighted by molar-refractivity contribution is 0.101. The van der Waals surface area contributed by atoms with Crippen LogP contribution in [0.15, 0.2) is 91.0 Å². The molecule has 3 heteroatoms. The molecular formula is C24H17NO2. The predicted octanol–water partition coefficient (Wildman–Crippen LogP) is 4.69. The van der Waals surface area contributed by atoms with E-state index in [-0.39, 0.29) is 5.91 Å². The average Bonchev–Trinajstić information content (AvgIpc) is 2.81. The highest BCUT2D eigenvalue weighted by molar-refractivity contribution is 6.10. The standard InChI is InChI=1S/C24H17NO2/c26-23-19-14-16-8-4-5-9-17(16)15-21(19)24(27,18-10-2-1-3-11-18)20-12-6-7-13-22(20)25-23/h1-15,27H,(H,25,26). The second kappa shape index (κ2) is 5.79. The lowest BCUT2D eigenvalue weighted by atomic mass is 9.78. The van der Waals surface area contributed by atoms with Gasteiger partial charge in [-0.1, -0.05) is 72.8 Å². The highest BCUT2D eigenvalue weighted by Crippen LogP contribution is 2.44. The van der Waals surface area contributed by atoms with Crippen molar-refractivity contribution in [3.05, 3.63) is 113 Å². The Morgan fingerprint density at radius 1 is 0.704 bits per heavy atom. The van der Waals surface area contributed by atoms with Gasteiger partial charge in [0.15, 0.2) is 0 Å². The molecular weight excluding hydrogens is 334 g/mol. The molecule has 1 aliphatic heterocycles. The molecule has 5 rings (SSSR count). The molecule has 0 aliphatic carbocycles. The van der Waals surface area contributed by atoms with Crippen LogP contribution in [0.2, 0.25) is 0 Å². The highest BCUT2D eigenvalue weighted by atomic mass is 16.3. The molecule has 4 aromatic rings. The molecule has 0 aromatic heterocycles. The van der Waals surface area contributed by atoms with Crippen molar-refractivity contribution < 1.29 is 9.90 Å². The van der Waals surface area contributed by atoms with Gasteiger partial charge in [0.05, 0.1) is 0 Å². The van der Waals surface area contributed by atoms with Crippen LogP contribution >= 0.6 is 0 Å². The van der Waals surface area contributed by atoms with Crippen LogP contribution < -0.4 is 5.32 Å². The number of anilines is 1. The minimum absolute atomic E-state index is 0.213. The minimum atomic E-state index is -1.43. The van der Waals surface area contributed by atoms with E-state index in [2.05, 4.69) is 5.32 Å². The van der Waals surface area contributed by atoms with Gasteiger partial charge >= 0.3 is 0 Å². The number of aliphatic hydroxyl groups is 1. The van der Waals surface area contributed by atoms with Crippen molar-refractivity contribution in [2.45, 2.75) is 5.60 Å². The molecule has 0 fully saturated rings. The lowest BCUT2D eigenvalue weighted by Crippen LogP contribution is -2.29. The Morgan fingerprint density at radius 2 is 1.33 bits per heavy atom. The van der Waals surface area contributed by atoms with E-state index < -0.39 is 5.60 Å². The van der Waals surface area contributed by atoms with Gasteiger partial charge < -0.3 is 10.4 Å². The number of para-hydroxylation sites is 1. The molecule has 1 amide bonds. The van der Waals surface area contributed by atoms with Crippen molar-refractivity contribution in [1.29, 1.82) is 0 Å². The zero-order valence-electron chi connectivity index (χ0n) is 14.5. The molecule has 1 atom stereocenters. The third kappa shape index (κ3) is 2.29. The molecule has 0 spiro atoms. The van der Waals surface area contributed by atoms with E-state index in [0.29, 0.717) is 22.4 Å². The molecule has 0 saturated carbocycles. The van der Waals surface area contributed by atoms with Crippen LogP contribution in [-0.2, 0) is 5.60 Å². The quantitative estimate of drug-likeness (QED) is 0.523. The SMILES string of the molecule is O=C1Nc2ccccc2C(O)(c2ccccc2)c2cc3ccccc3cc21. The maximum atomic E-state index is 13.0. The molecule has 0 saturated heterocycles. The smallest absolute Gasteiger partial charge is 0.256 e. The van der Waals surface area contributed by atoms with Gasteiger partial charge in [0.25, 0.3) is 5.91 Å². The van der Waals surface area contributed by atoms with Gasteiger partial charge in [0.1, 0.15) is 5.60 Å². The van der Waals surface area contributed by atoms with E-state index in [1.807, 2.05) is 91.0 Å². The largest absolute Gasteiger partial charge is 0.376 e. The van der Waals surface area contributed by atoms with Crippen molar-refractivity contribution in [2.75, 3.05) is 5.32 Å². The number of carbonyl (C=O) groups excluding carboxylic acids is 1. The summed E-state index contributed by atoms with van der Waals surface area (Å²) in [6.07, 6.45) is 0. The zero-order chi connectivity index (χ0) is 18.4. The van der Waals surface area contributed by atoms with Crippen LogP contribution in [0.5, 0.6) is 0 Å². The topological polar surface area (TPSA) is 49.3 Å². The lowest BCUT2D eigenvalue weighted by Gasteiger charge is -2.31. The first-order valence-corrected chi connectivity index (χ1v) is 8.90. The van der Waals surface area contributed by atoms with Gasteiger partial charge in [-0.25, -0.2) is 0 Å². The van der Waals surface area contributed by atoms with E-state index in [4.69, 9.17) is 0 Å². The first kappa shape index (κ1) is 15.8. The summed E-state index contributed by atoms with van der Waals surface area (Å²) >= 11 is 0. The molecule has 0 radical (unpaired) electrons. The van der Waals surface area contributed by atoms with Crippen molar-refractivity contribution in [2.24, 2.45) is 0 Å². The van der Waals surface area contributed by atoms with E-state index in [1.54, 1.807) is 0 Å². The van der Waals surface area contributed by atoms with Gasteiger partial charge in [-0.15, -0.1) is 0 Å². The van der Waals surface area contributed by atoms with Crippen LogP contribution in [0.4, 0.5) is 5.69 Å². The molecule has 0 bridgehead atoms. The summed E-state index contributed by atoms with van der Waals surface area (Å²) in [6, 6.07) is 28.6. The fourth-order valence-electron chi connectivity index (χ4n) is 3.96. The second-order valence-electron chi connectivity index (χ2n) is 6.82. The Hall–Kier alpha value is -3.43. The Labute approximate surface area is 156 Å². The molecule has 4 aromatic carbocycles. The second-order valence-corrected chi connectivity index (χ2v) is 6.82. The van der Waals surface area contributed by atoms with Gasteiger partial charge in [-0.2, -0.15) is 0 Å². The maximum absolute atomic E-state index is 13.0. The van der Waals surface area contributed by atoms with Crippen LogP contribution in [0.1, 0.15) is 27.0 Å². The fraction of sp³-hybridized carbons (Fsp3) is 0.0417. The summed E-state index contributed by atoms with van der Waals surface area (Å²) in [5, 5.41) is 17.0. The highest BCUT2D eigenvalue weighted by Gasteiger charge is 2.41. The number of nitrogens with one attached hydrogen (secondary N) is 1. The summed E-state index contributed by atoms with van der Waals surface area (Å²) in [7, 11) is 0. The molecule has 3 nitrogen and oxygen atoms in total. The zero-order valence-corrected chi connectivity index (χ0v) is 14.5. The Balaban J connectivity index is 1.93. The van der Waals surface area contributed by atoms with Crippen LogP contribution in [0, 0.1) is 0 Å². The van der Waals surface area contributed by atoms with Crippen LogP contribution in [0.3, 0.4) is 0 Å². The van der Waals surface area contributed by atoms with Gasteiger partial charge in [-0.3, -0.25) is 4.79 Å². The van der Waals surface area contributed by atoms with Crippen molar-refractivity contribution in [1.82, 2.24) is 0 Å². The number of amides is 1. The minimum Gasteiger partial charge on any atom is -0.376 e. The Bertz CT molecular complexity index is 1180. The number of rotatable bonds is 1. The number of benzene rings is 4. The number of hydrogen-bond donors (Lipinski definition) is 2. The maximum Gasteiger partial charge on any atom is 0.256 e. The summed E-state index contributed by atoms with van der Waals surface area (Å²) in [4.78, 5) is 13.0. The molecule has 2 N–H and O–H groups in total.